The predicted molar refractivity (Wildman–Crippen MR) is 29.5 cm³/mol. The molecule has 0 aliphatic carbocycles. The highest BCUT2D eigenvalue weighted by molar-refractivity contribution is 7.87. The predicted octanol–water partition coefficient (Wildman–Crippen LogP) is 0.492. The highest BCUT2D eigenvalue weighted by atomic mass is 35.5. The topological polar surface area (TPSA) is 54.4 Å². The van der Waals surface area contributed by atoms with Gasteiger partial charge in [-0.1, -0.05) is 0 Å². The van der Waals surface area contributed by atoms with Crippen LogP contribution in [0.2, 0.25) is 0 Å². The van der Waals surface area contributed by atoms with Crippen molar-refractivity contribution in [3.05, 3.63) is 0 Å². The van der Waals surface area contributed by atoms with Crippen molar-refractivity contribution in [3.8, 4) is 0 Å². The Labute approximate surface area is 52.8 Å². The van der Waals surface area contributed by atoms with Crippen LogP contribution >= 0.6 is 24.0 Å². The van der Waals surface area contributed by atoms with Gasteiger partial charge >= 0.3 is 0 Å². The van der Waals surface area contributed by atoms with Crippen molar-refractivity contribution in [2.75, 3.05) is 5.21 Å². The summed E-state index contributed by atoms with van der Waals surface area (Å²) < 4.78 is 26.5. The average molecular weight is 167 g/mol. The minimum atomic E-state index is -3.90. The summed E-state index contributed by atoms with van der Waals surface area (Å²) in [6.07, 6.45) is 0. The van der Waals surface area contributed by atoms with Crippen LogP contribution in [0.1, 0.15) is 0 Å². The van der Waals surface area contributed by atoms with E-state index in [2.05, 4.69) is 11.6 Å². The van der Waals surface area contributed by atoms with Crippen molar-refractivity contribution in [2.24, 2.45) is 0 Å². The fourth-order valence-electron chi connectivity index (χ4n) is 0. The van der Waals surface area contributed by atoms with Gasteiger partial charge in [0.25, 0.3) is 10.1 Å². The average Bonchev–Trinajstić information content (AvgIpc) is 1.35. The smallest absolute Gasteiger partial charge is 0.279 e. The van der Waals surface area contributed by atoms with Crippen LogP contribution in [-0.4, -0.2) is 18.2 Å². The van der Waals surface area contributed by atoms with Gasteiger partial charge in [-0.15, -0.1) is 24.0 Å². The van der Waals surface area contributed by atoms with Gasteiger partial charge in [0, 0.05) is 0 Å². The van der Waals surface area contributed by atoms with Gasteiger partial charge in [0.05, 0.1) is 0 Å². The lowest BCUT2D eigenvalue weighted by molar-refractivity contribution is 0.488. The van der Waals surface area contributed by atoms with E-state index < -0.39 is 15.3 Å². The third-order valence-electron chi connectivity index (χ3n) is 0.138. The molecule has 0 spiro atoms. The molecule has 0 aromatic rings. The van der Waals surface area contributed by atoms with Crippen molar-refractivity contribution in [3.63, 3.8) is 0 Å². The summed E-state index contributed by atoms with van der Waals surface area (Å²) in [7, 11) is -3.90. The number of hydrogen-bond acceptors (Lipinski definition) is 2. The third-order valence-corrected chi connectivity index (χ3v) is 1.24. The van der Waals surface area contributed by atoms with Crippen LogP contribution in [0.4, 0.5) is 0 Å². The molecular formula is CH4Cl2O3S. The molecule has 0 saturated heterocycles. The van der Waals surface area contributed by atoms with Crippen molar-refractivity contribution < 1.29 is 13.0 Å². The number of alkyl halides is 1. The first-order valence-corrected chi connectivity index (χ1v) is 3.22. The van der Waals surface area contributed by atoms with Crippen LogP contribution in [0.25, 0.3) is 0 Å². The van der Waals surface area contributed by atoms with E-state index in [4.69, 9.17) is 4.55 Å². The van der Waals surface area contributed by atoms with Crippen LogP contribution < -0.4 is 0 Å². The lowest BCUT2D eigenvalue weighted by Crippen LogP contribution is -1.95. The van der Waals surface area contributed by atoms with Crippen molar-refractivity contribution in [1.82, 2.24) is 0 Å². The Balaban J connectivity index is 0. The second-order valence-corrected chi connectivity index (χ2v) is 2.73. The van der Waals surface area contributed by atoms with Crippen LogP contribution in [0.3, 0.4) is 0 Å². The van der Waals surface area contributed by atoms with E-state index in [1.165, 1.54) is 0 Å². The number of hydrogen-bond donors (Lipinski definition) is 1. The molecule has 0 heterocycles. The summed E-state index contributed by atoms with van der Waals surface area (Å²) in [5.74, 6) is 0. The second kappa shape index (κ2) is 3.49. The highest BCUT2D eigenvalue weighted by Crippen LogP contribution is 1.82. The molecule has 0 bridgehead atoms. The van der Waals surface area contributed by atoms with E-state index in [0.29, 0.717) is 0 Å². The first-order chi connectivity index (χ1) is 2.56. The maximum Gasteiger partial charge on any atom is 0.279 e. The van der Waals surface area contributed by atoms with Gasteiger partial charge in [-0.2, -0.15) is 8.42 Å². The number of halogens is 2. The Morgan fingerprint density at radius 1 is 1.57 bits per heavy atom. The van der Waals surface area contributed by atoms with Crippen LogP contribution in [0, 0.1) is 0 Å². The monoisotopic (exact) mass is 166 g/mol. The van der Waals surface area contributed by atoms with Gasteiger partial charge < -0.3 is 0 Å². The quantitative estimate of drug-likeness (QED) is 0.456. The summed E-state index contributed by atoms with van der Waals surface area (Å²) in [6.45, 7) is 0. The first kappa shape index (κ1) is 10.5. The van der Waals surface area contributed by atoms with E-state index in [9.17, 15) is 8.42 Å². The first-order valence-electron chi connectivity index (χ1n) is 1.07. The Hall–Kier alpha value is 0.490. The molecule has 1 N–H and O–H groups in total. The zero-order valence-electron chi connectivity index (χ0n) is 3.17. The molecule has 0 rings (SSSR count). The van der Waals surface area contributed by atoms with Gasteiger partial charge in [0.1, 0.15) is 5.21 Å². The van der Waals surface area contributed by atoms with Crippen LogP contribution in [0.5, 0.6) is 0 Å². The van der Waals surface area contributed by atoms with E-state index in [1.807, 2.05) is 0 Å². The largest absolute Gasteiger partial charge is 0.285 e. The minimum absolute atomic E-state index is 0. The lowest BCUT2D eigenvalue weighted by atomic mass is 11.9. The molecule has 3 nitrogen and oxygen atoms in total. The van der Waals surface area contributed by atoms with Crippen LogP contribution in [0.15, 0.2) is 0 Å². The third kappa shape index (κ3) is 10.7. The Bertz CT molecular complexity index is 115. The van der Waals surface area contributed by atoms with E-state index in [0.717, 1.165) is 0 Å². The summed E-state index contributed by atoms with van der Waals surface area (Å²) in [4.78, 5) is 0. The maximum atomic E-state index is 9.42. The van der Waals surface area contributed by atoms with Gasteiger partial charge in [-0.05, 0) is 0 Å². The van der Waals surface area contributed by atoms with E-state index in [-0.39, 0.29) is 12.4 Å². The van der Waals surface area contributed by atoms with Crippen molar-refractivity contribution in [2.45, 2.75) is 0 Å². The molecule has 0 aromatic heterocycles. The van der Waals surface area contributed by atoms with Crippen molar-refractivity contribution >= 4 is 34.1 Å². The normalized spacial score (nSPS) is 10.0. The summed E-state index contributed by atoms with van der Waals surface area (Å²) in [6, 6.07) is 0. The molecule has 0 aliphatic rings. The van der Waals surface area contributed by atoms with Gasteiger partial charge in [-0.3, -0.25) is 4.55 Å². The molecule has 0 amide bonds. The lowest BCUT2D eigenvalue weighted by Gasteiger charge is -1.78. The highest BCUT2D eigenvalue weighted by Gasteiger charge is 1.95. The molecular weight excluding hydrogens is 163 g/mol. The van der Waals surface area contributed by atoms with Crippen molar-refractivity contribution in [1.29, 1.82) is 0 Å². The summed E-state index contributed by atoms with van der Waals surface area (Å²) >= 11 is 4.64. The molecule has 0 atom stereocenters. The van der Waals surface area contributed by atoms with Gasteiger partial charge in [0.15, 0.2) is 0 Å². The molecule has 0 saturated carbocycles. The SMILES string of the molecule is Cl.O=S(=O)(O)CCl. The Morgan fingerprint density at radius 3 is 1.71 bits per heavy atom. The summed E-state index contributed by atoms with van der Waals surface area (Å²) in [5, 5.41) is -0.729. The molecule has 0 aromatic carbocycles. The molecule has 46 valence electrons. The fraction of sp³-hybridized carbons (Fsp3) is 1.00. The maximum absolute atomic E-state index is 9.42. The number of rotatable bonds is 1. The van der Waals surface area contributed by atoms with Gasteiger partial charge in [0.2, 0.25) is 0 Å². The van der Waals surface area contributed by atoms with Gasteiger partial charge in [-0.25, -0.2) is 0 Å². The Morgan fingerprint density at radius 2 is 1.71 bits per heavy atom. The zero-order chi connectivity index (χ0) is 5.21. The van der Waals surface area contributed by atoms with Crippen LogP contribution in [-0.2, 0) is 10.1 Å². The minimum Gasteiger partial charge on any atom is -0.285 e. The Kier molecular flexibility index (Phi) is 5.21. The standard InChI is InChI=1S/CH3ClO3S.ClH/c2-1-6(3,4)5;/h1H2,(H,3,4,5);1H. The molecule has 0 fully saturated rings. The second-order valence-electron chi connectivity index (χ2n) is 0.691. The molecule has 6 heteroatoms. The molecule has 0 radical (unpaired) electrons. The molecule has 0 unspecified atom stereocenters. The summed E-state index contributed by atoms with van der Waals surface area (Å²) in [5.41, 5.74) is 0. The zero-order valence-corrected chi connectivity index (χ0v) is 5.55. The fourth-order valence-corrected chi connectivity index (χ4v) is 0. The van der Waals surface area contributed by atoms with E-state index >= 15 is 0 Å². The molecule has 7 heavy (non-hydrogen) atoms. The van der Waals surface area contributed by atoms with E-state index in [1.54, 1.807) is 0 Å². The molecule has 0 aliphatic heterocycles.